The molecular weight excluding hydrogens is 304 g/mol. The van der Waals surface area contributed by atoms with Crippen molar-refractivity contribution < 1.29 is 0 Å². The summed E-state index contributed by atoms with van der Waals surface area (Å²) in [7, 11) is 1.93. The zero-order valence-corrected chi connectivity index (χ0v) is 13.3. The highest BCUT2D eigenvalue weighted by atomic mass is 35.5. The summed E-state index contributed by atoms with van der Waals surface area (Å²) in [6, 6.07) is 10.2. The molecule has 2 aromatic heterocycles. The van der Waals surface area contributed by atoms with E-state index in [-0.39, 0.29) is 5.28 Å². The van der Waals surface area contributed by atoms with Gasteiger partial charge in [0, 0.05) is 17.1 Å². The summed E-state index contributed by atoms with van der Waals surface area (Å²) < 4.78 is 1.02. The number of aryl methyl sites for hydroxylation is 1. The summed E-state index contributed by atoms with van der Waals surface area (Å²) in [5, 5.41) is 6.72. The highest BCUT2D eigenvalue weighted by molar-refractivity contribution is 7.19. The number of halogens is 1. The number of anilines is 2. The number of rotatable bonds is 4. The van der Waals surface area contributed by atoms with Gasteiger partial charge < -0.3 is 10.6 Å². The number of fused-ring (bicyclic) bond motifs is 1. The van der Waals surface area contributed by atoms with E-state index in [0.29, 0.717) is 0 Å². The molecule has 0 amide bonds. The molecular formula is C15H15ClN4S. The van der Waals surface area contributed by atoms with Crippen LogP contribution in [0.4, 0.5) is 11.5 Å². The van der Waals surface area contributed by atoms with Crippen LogP contribution < -0.4 is 10.6 Å². The van der Waals surface area contributed by atoms with Crippen LogP contribution in [-0.4, -0.2) is 17.0 Å². The Kier molecular flexibility index (Phi) is 4.05. The van der Waals surface area contributed by atoms with E-state index in [1.54, 1.807) is 11.3 Å². The zero-order valence-electron chi connectivity index (χ0n) is 11.8. The Morgan fingerprint density at radius 3 is 2.67 bits per heavy atom. The van der Waals surface area contributed by atoms with Crippen LogP contribution in [0.2, 0.25) is 5.28 Å². The maximum Gasteiger partial charge on any atom is 0.224 e. The zero-order chi connectivity index (χ0) is 14.8. The molecule has 21 heavy (non-hydrogen) atoms. The van der Waals surface area contributed by atoms with Crippen molar-refractivity contribution in [2.75, 3.05) is 12.4 Å². The molecule has 0 atom stereocenters. The Balaban J connectivity index is 2.01. The third-order valence-corrected chi connectivity index (χ3v) is 4.36. The Hall–Kier alpha value is -1.69. The first-order valence-corrected chi connectivity index (χ1v) is 7.79. The molecule has 0 saturated heterocycles. The topological polar surface area (TPSA) is 49.8 Å². The number of benzene rings is 1. The van der Waals surface area contributed by atoms with Gasteiger partial charge in [-0.25, -0.2) is 4.98 Å². The van der Waals surface area contributed by atoms with Crippen molar-refractivity contribution in [2.24, 2.45) is 0 Å². The summed E-state index contributed by atoms with van der Waals surface area (Å²) in [5.74, 6) is 0.751. The average Bonchev–Trinajstić information content (AvgIpc) is 2.84. The first kappa shape index (κ1) is 14.3. The van der Waals surface area contributed by atoms with E-state index in [1.165, 1.54) is 10.4 Å². The van der Waals surface area contributed by atoms with Crippen LogP contribution in [0.1, 0.15) is 10.4 Å². The van der Waals surface area contributed by atoms with Crippen LogP contribution in [-0.2, 0) is 6.54 Å². The minimum atomic E-state index is 0.255. The molecule has 0 aliphatic carbocycles. The molecule has 0 radical (unpaired) electrons. The van der Waals surface area contributed by atoms with Crippen LogP contribution in [0.25, 0.3) is 10.2 Å². The Bertz CT molecular complexity index is 767. The molecule has 0 spiro atoms. The molecule has 2 heterocycles. The van der Waals surface area contributed by atoms with E-state index < -0.39 is 0 Å². The molecule has 0 fully saturated rings. The van der Waals surface area contributed by atoms with Crippen LogP contribution in [0.3, 0.4) is 0 Å². The molecule has 3 rings (SSSR count). The van der Waals surface area contributed by atoms with Crippen LogP contribution >= 0.6 is 22.9 Å². The predicted molar refractivity (Wildman–Crippen MR) is 89.7 cm³/mol. The fraction of sp³-hybridized carbons (Fsp3) is 0.200. The molecule has 4 nitrogen and oxygen atoms in total. The third kappa shape index (κ3) is 3.15. The van der Waals surface area contributed by atoms with Crippen molar-refractivity contribution >= 4 is 44.7 Å². The highest BCUT2D eigenvalue weighted by Crippen LogP contribution is 2.32. The molecule has 3 aromatic rings. The summed E-state index contributed by atoms with van der Waals surface area (Å²) in [4.78, 5) is 9.82. The molecule has 0 saturated carbocycles. The number of hydrogen-bond donors (Lipinski definition) is 2. The second-order valence-electron chi connectivity index (χ2n) is 4.79. The largest absolute Gasteiger partial charge is 0.339 e. The van der Waals surface area contributed by atoms with Gasteiger partial charge in [-0.05, 0) is 43.8 Å². The number of hydrogen-bond acceptors (Lipinski definition) is 5. The summed E-state index contributed by atoms with van der Waals surface area (Å²) in [6.07, 6.45) is 0. The SMILES string of the molecule is CNCc1cc2nc(Cl)nc(Nc3ccc(C)cc3)c2s1. The molecule has 0 unspecified atom stereocenters. The van der Waals surface area contributed by atoms with Gasteiger partial charge in [-0.1, -0.05) is 17.7 Å². The highest BCUT2D eigenvalue weighted by Gasteiger charge is 2.11. The van der Waals surface area contributed by atoms with Crippen molar-refractivity contribution in [3.63, 3.8) is 0 Å². The second kappa shape index (κ2) is 5.97. The van der Waals surface area contributed by atoms with Crippen molar-refractivity contribution in [3.05, 3.63) is 46.1 Å². The third-order valence-electron chi connectivity index (χ3n) is 3.06. The predicted octanol–water partition coefficient (Wildman–Crippen LogP) is 4.12. The van der Waals surface area contributed by atoms with E-state index in [0.717, 1.165) is 28.3 Å². The van der Waals surface area contributed by atoms with Gasteiger partial charge in [0.25, 0.3) is 0 Å². The Morgan fingerprint density at radius 2 is 1.95 bits per heavy atom. The standard InChI is InChI=1S/C15H15ClN4S/c1-9-3-5-10(6-4-9)18-14-13-12(19-15(16)20-14)7-11(21-13)8-17-2/h3-7,17H,8H2,1-2H3,(H,18,19,20). The summed E-state index contributed by atoms with van der Waals surface area (Å²) in [6.45, 7) is 2.87. The summed E-state index contributed by atoms with van der Waals surface area (Å²) >= 11 is 7.70. The average molecular weight is 319 g/mol. The Labute approximate surface area is 132 Å². The van der Waals surface area contributed by atoms with Gasteiger partial charge in [0.15, 0.2) is 5.82 Å². The minimum absolute atomic E-state index is 0.255. The first-order chi connectivity index (χ1) is 10.2. The number of nitrogens with one attached hydrogen (secondary N) is 2. The molecule has 108 valence electrons. The van der Waals surface area contributed by atoms with Crippen molar-refractivity contribution in [1.29, 1.82) is 0 Å². The van der Waals surface area contributed by atoms with Gasteiger partial charge in [-0.15, -0.1) is 11.3 Å². The lowest BCUT2D eigenvalue weighted by Crippen LogP contribution is -2.02. The molecule has 0 bridgehead atoms. The molecule has 0 aliphatic heterocycles. The number of aromatic nitrogens is 2. The fourth-order valence-corrected chi connectivity index (χ4v) is 3.30. The van der Waals surface area contributed by atoms with Crippen molar-refractivity contribution in [3.8, 4) is 0 Å². The van der Waals surface area contributed by atoms with E-state index in [2.05, 4.69) is 39.7 Å². The summed E-state index contributed by atoms with van der Waals surface area (Å²) in [5.41, 5.74) is 3.08. The van der Waals surface area contributed by atoms with Crippen LogP contribution in [0.15, 0.2) is 30.3 Å². The molecule has 1 aromatic carbocycles. The van der Waals surface area contributed by atoms with E-state index in [9.17, 15) is 0 Å². The van der Waals surface area contributed by atoms with Gasteiger partial charge in [-0.3, -0.25) is 0 Å². The maximum absolute atomic E-state index is 6.03. The van der Waals surface area contributed by atoms with Gasteiger partial charge in [-0.2, -0.15) is 4.98 Å². The van der Waals surface area contributed by atoms with Gasteiger partial charge in [0.2, 0.25) is 5.28 Å². The van der Waals surface area contributed by atoms with Crippen LogP contribution in [0, 0.1) is 6.92 Å². The van der Waals surface area contributed by atoms with Gasteiger partial charge in [0.05, 0.1) is 10.2 Å². The van der Waals surface area contributed by atoms with Crippen molar-refractivity contribution in [2.45, 2.75) is 13.5 Å². The number of nitrogens with zero attached hydrogens (tertiary/aromatic N) is 2. The molecule has 6 heteroatoms. The van der Waals surface area contributed by atoms with Gasteiger partial charge >= 0.3 is 0 Å². The quantitative estimate of drug-likeness (QED) is 0.711. The monoisotopic (exact) mass is 318 g/mol. The number of thiophene rings is 1. The van der Waals surface area contributed by atoms with E-state index in [1.807, 2.05) is 25.2 Å². The van der Waals surface area contributed by atoms with Gasteiger partial charge in [0.1, 0.15) is 0 Å². The normalized spacial score (nSPS) is 11.0. The van der Waals surface area contributed by atoms with Crippen molar-refractivity contribution in [1.82, 2.24) is 15.3 Å². The fourth-order valence-electron chi connectivity index (χ4n) is 2.07. The lowest BCUT2D eigenvalue weighted by molar-refractivity contribution is 0.832. The van der Waals surface area contributed by atoms with Crippen LogP contribution in [0.5, 0.6) is 0 Å². The molecule has 2 N–H and O–H groups in total. The lowest BCUT2D eigenvalue weighted by atomic mass is 10.2. The minimum Gasteiger partial charge on any atom is -0.339 e. The second-order valence-corrected chi connectivity index (χ2v) is 6.26. The van der Waals surface area contributed by atoms with E-state index >= 15 is 0 Å². The molecule has 0 aliphatic rings. The Morgan fingerprint density at radius 1 is 1.19 bits per heavy atom. The maximum atomic E-state index is 6.03. The smallest absolute Gasteiger partial charge is 0.224 e. The van der Waals surface area contributed by atoms with E-state index in [4.69, 9.17) is 11.6 Å². The lowest BCUT2D eigenvalue weighted by Gasteiger charge is -2.07. The first-order valence-electron chi connectivity index (χ1n) is 6.60.